The predicted molar refractivity (Wildman–Crippen MR) is 54.1 cm³/mol. The lowest BCUT2D eigenvalue weighted by molar-refractivity contribution is -0.138. The molecule has 4 heteroatoms. The highest BCUT2D eigenvalue weighted by molar-refractivity contribution is 6.33. The van der Waals surface area contributed by atoms with E-state index in [1.165, 1.54) is 7.11 Å². The van der Waals surface area contributed by atoms with Crippen molar-refractivity contribution in [2.75, 3.05) is 7.11 Å². The van der Waals surface area contributed by atoms with Crippen LogP contribution < -0.4 is 4.74 Å². The SMILES string of the molecule is COc1cccc(C(C)C(=O)O)c1Cl. The van der Waals surface area contributed by atoms with Crippen molar-refractivity contribution in [1.29, 1.82) is 0 Å². The Morgan fingerprint density at radius 1 is 1.57 bits per heavy atom. The van der Waals surface area contributed by atoms with Gasteiger partial charge >= 0.3 is 5.97 Å². The van der Waals surface area contributed by atoms with Crippen LogP contribution in [0.1, 0.15) is 18.4 Å². The summed E-state index contributed by atoms with van der Waals surface area (Å²) < 4.78 is 4.99. The van der Waals surface area contributed by atoms with Crippen molar-refractivity contribution in [3.05, 3.63) is 28.8 Å². The number of halogens is 1. The maximum absolute atomic E-state index is 10.8. The molecule has 0 spiro atoms. The maximum atomic E-state index is 10.8. The lowest BCUT2D eigenvalue weighted by Gasteiger charge is -2.11. The van der Waals surface area contributed by atoms with E-state index in [-0.39, 0.29) is 0 Å². The lowest BCUT2D eigenvalue weighted by atomic mass is 10.0. The molecule has 0 aromatic heterocycles. The molecule has 0 aliphatic carbocycles. The van der Waals surface area contributed by atoms with Crippen LogP contribution in [-0.4, -0.2) is 18.2 Å². The standard InChI is InChI=1S/C10H11ClO3/c1-6(10(12)13)7-4-3-5-8(14-2)9(7)11/h3-6H,1-2H3,(H,12,13). The molecule has 0 fully saturated rings. The van der Waals surface area contributed by atoms with Crippen molar-refractivity contribution < 1.29 is 14.6 Å². The fourth-order valence-corrected chi connectivity index (χ4v) is 1.52. The lowest BCUT2D eigenvalue weighted by Crippen LogP contribution is -2.08. The molecule has 1 aromatic carbocycles. The third-order valence-electron chi connectivity index (χ3n) is 2.05. The number of hydrogen-bond acceptors (Lipinski definition) is 2. The molecule has 1 atom stereocenters. The van der Waals surface area contributed by atoms with Gasteiger partial charge < -0.3 is 9.84 Å². The van der Waals surface area contributed by atoms with Gasteiger partial charge in [0.25, 0.3) is 0 Å². The minimum absolute atomic E-state index is 0.366. The van der Waals surface area contributed by atoms with E-state index in [0.29, 0.717) is 16.3 Å². The van der Waals surface area contributed by atoms with E-state index in [1.807, 2.05) is 0 Å². The number of aliphatic carboxylic acids is 1. The van der Waals surface area contributed by atoms with Gasteiger partial charge in [-0.2, -0.15) is 0 Å². The van der Waals surface area contributed by atoms with E-state index in [2.05, 4.69) is 0 Å². The van der Waals surface area contributed by atoms with E-state index in [9.17, 15) is 4.79 Å². The number of ether oxygens (including phenoxy) is 1. The Labute approximate surface area is 87.3 Å². The molecule has 0 amide bonds. The van der Waals surface area contributed by atoms with Gasteiger partial charge in [0.1, 0.15) is 5.75 Å². The van der Waals surface area contributed by atoms with Crippen LogP contribution in [0.25, 0.3) is 0 Å². The molecule has 1 aromatic rings. The number of rotatable bonds is 3. The van der Waals surface area contributed by atoms with Crippen LogP contribution in [-0.2, 0) is 4.79 Å². The van der Waals surface area contributed by atoms with Crippen LogP contribution in [0.5, 0.6) is 5.75 Å². The fourth-order valence-electron chi connectivity index (χ4n) is 1.15. The zero-order valence-corrected chi connectivity index (χ0v) is 8.71. The zero-order chi connectivity index (χ0) is 10.7. The highest BCUT2D eigenvalue weighted by Crippen LogP contribution is 2.32. The summed E-state index contributed by atoms with van der Waals surface area (Å²) in [6, 6.07) is 5.10. The van der Waals surface area contributed by atoms with Crippen molar-refractivity contribution in [2.24, 2.45) is 0 Å². The van der Waals surface area contributed by atoms with Gasteiger partial charge in [-0.05, 0) is 18.6 Å². The van der Waals surface area contributed by atoms with E-state index >= 15 is 0 Å². The molecule has 76 valence electrons. The smallest absolute Gasteiger partial charge is 0.310 e. The minimum Gasteiger partial charge on any atom is -0.495 e. The monoisotopic (exact) mass is 214 g/mol. The van der Waals surface area contributed by atoms with Crippen LogP contribution >= 0.6 is 11.6 Å². The molecule has 0 heterocycles. The number of carbonyl (C=O) groups is 1. The molecule has 0 aliphatic heterocycles. The first-order valence-corrected chi connectivity index (χ1v) is 4.51. The number of hydrogen-bond donors (Lipinski definition) is 1. The zero-order valence-electron chi connectivity index (χ0n) is 7.95. The van der Waals surface area contributed by atoms with E-state index in [0.717, 1.165) is 0 Å². The topological polar surface area (TPSA) is 46.5 Å². The summed E-state index contributed by atoms with van der Waals surface area (Å²) in [4.78, 5) is 10.8. The second kappa shape index (κ2) is 4.33. The van der Waals surface area contributed by atoms with Gasteiger partial charge in [-0.25, -0.2) is 0 Å². The average molecular weight is 215 g/mol. The van der Waals surface area contributed by atoms with Crippen molar-refractivity contribution >= 4 is 17.6 Å². The molecule has 0 saturated carbocycles. The molecule has 0 radical (unpaired) electrons. The molecule has 1 N–H and O–H groups in total. The molecule has 1 unspecified atom stereocenters. The molecule has 0 aliphatic rings. The highest BCUT2D eigenvalue weighted by atomic mass is 35.5. The van der Waals surface area contributed by atoms with Crippen LogP contribution in [0.3, 0.4) is 0 Å². The van der Waals surface area contributed by atoms with Crippen LogP contribution in [0.4, 0.5) is 0 Å². The largest absolute Gasteiger partial charge is 0.495 e. The van der Waals surface area contributed by atoms with Gasteiger partial charge in [0.2, 0.25) is 0 Å². The first-order valence-electron chi connectivity index (χ1n) is 4.13. The number of benzene rings is 1. The third-order valence-corrected chi connectivity index (χ3v) is 2.45. The van der Waals surface area contributed by atoms with Gasteiger partial charge in [0, 0.05) is 0 Å². The van der Waals surface area contributed by atoms with Crippen molar-refractivity contribution in [3.8, 4) is 5.75 Å². The summed E-state index contributed by atoms with van der Waals surface area (Å²) in [7, 11) is 1.50. The van der Waals surface area contributed by atoms with Gasteiger partial charge in [0.05, 0.1) is 18.1 Å². The molecular formula is C10H11ClO3. The Morgan fingerprint density at radius 3 is 2.71 bits per heavy atom. The first-order chi connectivity index (χ1) is 6.57. The molecular weight excluding hydrogens is 204 g/mol. The molecule has 14 heavy (non-hydrogen) atoms. The fraction of sp³-hybridized carbons (Fsp3) is 0.300. The van der Waals surface area contributed by atoms with E-state index in [4.69, 9.17) is 21.4 Å². The highest BCUT2D eigenvalue weighted by Gasteiger charge is 2.18. The Morgan fingerprint density at radius 2 is 2.21 bits per heavy atom. The molecule has 0 bridgehead atoms. The summed E-state index contributed by atoms with van der Waals surface area (Å²) in [6.07, 6.45) is 0. The first kappa shape index (κ1) is 10.9. The van der Waals surface area contributed by atoms with Crippen molar-refractivity contribution in [3.63, 3.8) is 0 Å². The quantitative estimate of drug-likeness (QED) is 0.841. The Hall–Kier alpha value is -1.22. The van der Waals surface area contributed by atoms with E-state index in [1.54, 1.807) is 25.1 Å². The van der Waals surface area contributed by atoms with Crippen molar-refractivity contribution in [2.45, 2.75) is 12.8 Å². The Kier molecular flexibility index (Phi) is 3.36. The summed E-state index contributed by atoms with van der Waals surface area (Å²) in [5, 5.41) is 9.19. The van der Waals surface area contributed by atoms with Gasteiger partial charge in [-0.3, -0.25) is 4.79 Å². The Balaban J connectivity index is 3.15. The summed E-state index contributed by atoms with van der Waals surface area (Å²) >= 11 is 5.96. The van der Waals surface area contributed by atoms with Crippen molar-refractivity contribution in [1.82, 2.24) is 0 Å². The van der Waals surface area contributed by atoms with Gasteiger partial charge in [-0.1, -0.05) is 23.7 Å². The third kappa shape index (κ3) is 1.99. The minimum atomic E-state index is -0.903. The van der Waals surface area contributed by atoms with Crippen LogP contribution in [0.2, 0.25) is 5.02 Å². The Bertz CT molecular complexity index is 349. The van der Waals surface area contributed by atoms with E-state index < -0.39 is 11.9 Å². The van der Waals surface area contributed by atoms with Gasteiger partial charge in [-0.15, -0.1) is 0 Å². The molecule has 1 rings (SSSR count). The number of carboxylic acid groups (broad SMARTS) is 1. The predicted octanol–water partition coefficient (Wildman–Crippen LogP) is 2.54. The second-order valence-corrected chi connectivity index (χ2v) is 3.30. The summed E-state index contributed by atoms with van der Waals surface area (Å²) in [5.74, 6) is -1.03. The molecule has 3 nitrogen and oxygen atoms in total. The number of methoxy groups -OCH3 is 1. The second-order valence-electron chi connectivity index (χ2n) is 2.92. The van der Waals surface area contributed by atoms with Gasteiger partial charge in [0.15, 0.2) is 0 Å². The maximum Gasteiger partial charge on any atom is 0.310 e. The van der Waals surface area contributed by atoms with Crippen LogP contribution in [0.15, 0.2) is 18.2 Å². The average Bonchev–Trinajstić information content (AvgIpc) is 2.17. The molecule has 0 saturated heterocycles. The normalized spacial score (nSPS) is 12.2. The van der Waals surface area contributed by atoms with Crippen LogP contribution in [0, 0.1) is 0 Å². The number of carboxylic acids is 1. The summed E-state index contributed by atoms with van der Waals surface area (Å²) in [5.41, 5.74) is 0.568. The summed E-state index contributed by atoms with van der Waals surface area (Å²) in [6.45, 7) is 1.59.